The Morgan fingerprint density at radius 1 is 1.40 bits per heavy atom. The van der Waals surface area contributed by atoms with E-state index in [0.29, 0.717) is 12.0 Å². The highest BCUT2D eigenvalue weighted by molar-refractivity contribution is 14.0. The molecule has 1 aromatic rings. The molecule has 2 rings (SSSR count). The summed E-state index contributed by atoms with van der Waals surface area (Å²) in [7, 11) is 1.82. The summed E-state index contributed by atoms with van der Waals surface area (Å²) in [6.07, 6.45) is 5.52. The van der Waals surface area contributed by atoms with Crippen molar-refractivity contribution in [2.45, 2.75) is 53.1 Å². The summed E-state index contributed by atoms with van der Waals surface area (Å²) in [6, 6.07) is 0. The van der Waals surface area contributed by atoms with E-state index in [1.165, 1.54) is 16.3 Å². The molecular formula is C18H33IN4OS. The molecule has 0 radical (unpaired) electrons. The molecule has 2 unspecified atom stereocenters. The quantitative estimate of drug-likeness (QED) is 0.384. The molecule has 0 aliphatic carbocycles. The van der Waals surface area contributed by atoms with Crippen molar-refractivity contribution in [2.24, 2.45) is 16.3 Å². The highest BCUT2D eigenvalue weighted by Crippen LogP contribution is 2.33. The van der Waals surface area contributed by atoms with Gasteiger partial charge in [0.15, 0.2) is 5.96 Å². The van der Waals surface area contributed by atoms with E-state index in [0.717, 1.165) is 38.5 Å². The van der Waals surface area contributed by atoms with E-state index in [-0.39, 0.29) is 29.4 Å². The zero-order chi connectivity index (χ0) is 17.6. The van der Waals surface area contributed by atoms with E-state index in [4.69, 9.17) is 4.74 Å². The SMILES string of the molecule is CN=C(NCCc1ncc(C)s1)NCC1CCCOC1C(C)(C)C.I. The molecule has 1 saturated heterocycles. The van der Waals surface area contributed by atoms with Crippen LogP contribution >= 0.6 is 35.3 Å². The second-order valence-electron chi connectivity index (χ2n) is 7.55. The smallest absolute Gasteiger partial charge is 0.191 e. The number of halogens is 1. The summed E-state index contributed by atoms with van der Waals surface area (Å²) in [5.41, 5.74) is 0.173. The summed E-state index contributed by atoms with van der Waals surface area (Å²) in [6.45, 7) is 11.5. The zero-order valence-corrected chi connectivity index (χ0v) is 19.2. The lowest BCUT2D eigenvalue weighted by Gasteiger charge is -2.40. The first-order chi connectivity index (χ1) is 11.4. The van der Waals surface area contributed by atoms with Crippen molar-refractivity contribution in [3.8, 4) is 0 Å². The van der Waals surface area contributed by atoms with E-state index in [1.807, 2.05) is 13.2 Å². The first-order valence-corrected chi connectivity index (χ1v) is 9.69. The number of hydrogen-bond acceptors (Lipinski definition) is 4. The molecular weight excluding hydrogens is 447 g/mol. The molecule has 1 aromatic heterocycles. The van der Waals surface area contributed by atoms with Gasteiger partial charge in [-0.05, 0) is 25.2 Å². The topological polar surface area (TPSA) is 58.5 Å². The fourth-order valence-electron chi connectivity index (χ4n) is 3.26. The van der Waals surface area contributed by atoms with Gasteiger partial charge in [-0.2, -0.15) is 0 Å². The molecule has 0 spiro atoms. The van der Waals surface area contributed by atoms with Crippen molar-refractivity contribution in [3.63, 3.8) is 0 Å². The number of hydrogen-bond donors (Lipinski definition) is 2. The van der Waals surface area contributed by atoms with Crippen molar-refractivity contribution in [1.29, 1.82) is 0 Å². The number of nitrogens with one attached hydrogen (secondary N) is 2. The Kier molecular flexibility index (Phi) is 9.66. The monoisotopic (exact) mass is 480 g/mol. The van der Waals surface area contributed by atoms with Gasteiger partial charge < -0.3 is 15.4 Å². The first-order valence-electron chi connectivity index (χ1n) is 8.87. The number of thiazole rings is 1. The summed E-state index contributed by atoms with van der Waals surface area (Å²) >= 11 is 1.76. The molecule has 0 saturated carbocycles. The van der Waals surface area contributed by atoms with Crippen LogP contribution in [0.3, 0.4) is 0 Å². The minimum absolute atomic E-state index is 0. The summed E-state index contributed by atoms with van der Waals surface area (Å²) in [5.74, 6) is 1.39. The maximum absolute atomic E-state index is 6.06. The maximum atomic E-state index is 6.06. The van der Waals surface area contributed by atoms with E-state index in [1.54, 1.807) is 11.3 Å². The van der Waals surface area contributed by atoms with Crippen LogP contribution in [0, 0.1) is 18.3 Å². The van der Waals surface area contributed by atoms with Gasteiger partial charge >= 0.3 is 0 Å². The molecule has 1 aliphatic rings. The molecule has 1 fully saturated rings. The molecule has 0 amide bonds. The molecule has 2 heterocycles. The Labute approximate surface area is 173 Å². The van der Waals surface area contributed by atoms with Crippen LogP contribution < -0.4 is 10.6 Å². The van der Waals surface area contributed by atoms with Gasteiger partial charge in [-0.25, -0.2) is 4.98 Å². The Morgan fingerprint density at radius 3 is 2.76 bits per heavy atom. The highest BCUT2D eigenvalue weighted by atomic mass is 127. The van der Waals surface area contributed by atoms with Gasteiger partial charge in [0.2, 0.25) is 0 Å². The Balaban J connectivity index is 0.00000312. The predicted octanol–water partition coefficient (Wildman–Crippen LogP) is 3.62. The summed E-state index contributed by atoms with van der Waals surface area (Å²) in [5, 5.41) is 8.03. The Hall–Kier alpha value is -0.410. The third-order valence-electron chi connectivity index (χ3n) is 4.35. The molecule has 5 nitrogen and oxygen atoms in total. The fourth-order valence-corrected chi connectivity index (χ4v) is 4.05. The van der Waals surface area contributed by atoms with Crippen LogP contribution in [0.5, 0.6) is 0 Å². The average Bonchev–Trinajstić information content (AvgIpc) is 2.95. The van der Waals surface area contributed by atoms with E-state index in [2.05, 4.69) is 48.3 Å². The van der Waals surface area contributed by atoms with Crippen molar-refractivity contribution in [1.82, 2.24) is 15.6 Å². The molecule has 0 aromatic carbocycles. The van der Waals surface area contributed by atoms with Crippen molar-refractivity contribution >= 4 is 41.3 Å². The third kappa shape index (κ3) is 7.38. The van der Waals surface area contributed by atoms with Crippen LogP contribution in [0.2, 0.25) is 0 Å². The van der Waals surface area contributed by atoms with Gasteiger partial charge in [-0.1, -0.05) is 20.8 Å². The average molecular weight is 480 g/mol. The van der Waals surface area contributed by atoms with Gasteiger partial charge in [0.05, 0.1) is 11.1 Å². The second kappa shape index (κ2) is 10.7. The van der Waals surface area contributed by atoms with Gasteiger partial charge in [0.1, 0.15) is 0 Å². The van der Waals surface area contributed by atoms with Crippen molar-refractivity contribution < 1.29 is 4.74 Å². The van der Waals surface area contributed by atoms with Gasteiger partial charge in [-0.3, -0.25) is 4.99 Å². The number of aromatic nitrogens is 1. The number of aryl methyl sites for hydroxylation is 1. The number of rotatable bonds is 5. The zero-order valence-electron chi connectivity index (χ0n) is 16.1. The maximum Gasteiger partial charge on any atom is 0.191 e. The molecule has 25 heavy (non-hydrogen) atoms. The second-order valence-corrected chi connectivity index (χ2v) is 8.87. The van der Waals surface area contributed by atoms with Crippen molar-refractivity contribution in [2.75, 3.05) is 26.7 Å². The van der Waals surface area contributed by atoms with Crippen LogP contribution in [0.4, 0.5) is 0 Å². The number of guanidine groups is 1. The van der Waals surface area contributed by atoms with Crippen LogP contribution in [0.25, 0.3) is 0 Å². The fraction of sp³-hybridized carbons (Fsp3) is 0.778. The molecule has 7 heteroatoms. The highest BCUT2D eigenvalue weighted by Gasteiger charge is 2.35. The van der Waals surface area contributed by atoms with Crippen LogP contribution in [0.1, 0.15) is 43.5 Å². The van der Waals surface area contributed by atoms with Gasteiger partial charge in [0, 0.05) is 50.2 Å². The van der Waals surface area contributed by atoms with E-state index in [9.17, 15) is 0 Å². The minimum atomic E-state index is 0. The minimum Gasteiger partial charge on any atom is -0.377 e. The largest absolute Gasteiger partial charge is 0.377 e. The van der Waals surface area contributed by atoms with Crippen LogP contribution in [0.15, 0.2) is 11.2 Å². The Bertz CT molecular complexity index is 541. The summed E-state index contributed by atoms with van der Waals surface area (Å²) in [4.78, 5) is 9.99. The first kappa shape index (κ1) is 22.6. The number of ether oxygens (including phenoxy) is 1. The summed E-state index contributed by atoms with van der Waals surface area (Å²) < 4.78 is 6.06. The van der Waals surface area contributed by atoms with Gasteiger partial charge in [0.25, 0.3) is 0 Å². The standard InChI is InChI=1S/C18H32N4OS.HI/c1-13-11-21-15(24-13)8-9-20-17(19-5)22-12-14-7-6-10-23-16(14)18(2,3)4;/h11,14,16H,6-10,12H2,1-5H3,(H2,19,20,22);1H. The van der Waals surface area contributed by atoms with Crippen LogP contribution in [-0.4, -0.2) is 43.8 Å². The lowest BCUT2D eigenvalue weighted by molar-refractivity contribution is -0.0835. The lowest BCUT2D eigenvalue weighted by atomic mass is 9.78. The molecule has 0 bridgehead atoms. The van der Waals surface area contributed by atoms with E-state index < -0.39 is 0 Å². The lowest BCUT2D eigenvalue weighted by Crippen LogP contribution is -2.47. The predicted molar refractivity (Wildman–Crippen MR) is 117 cm³/mol. The van der Waals surface area contributed by atoms with Crippen LogP contribution in [-0.2, 0) is 11.2 Å². The normalized spacial score (nSPS) is 21.6. The van der Waals surface area contributed by atoms with E-state index >= 15 is 0 Å². The number of nitrogens with zero attached hydrogens (tertiary/aromatic N) is 2. The van der Waals surface area contributed by atoms with Gasteiger partial charge in [-0.15, -0.1) is 35.3 Å². The molecule has 1 aliphatic heterocycles. The molecule has 2 atom stereocenters. The third-order valence-corrected chi connectivity index (χ3v) is 5.33. The number of aliphatic imine (C=N–C) groups is 1. The Morgan fingerprint density at radius 2 is 2.16 bits per heavy atom. The molecule has 144 valence electrons. The van der Waals surface area contributed by atoms with Crippen molar-refractivity contribution in [3.05, 3.63) is 16.1 Å². The molecule has 2 N–H and O–H groups in total.